The molecule has 22 heavy (non-hydrogen) atoms. The molecule has 0 radical (unpaired) electrons. The van der Waals surface area contributed by atoms with E-state index < -0.39 is 0 Å². The van der Waals surface area contributed by atoms with Crippen LogP contribution in [0.4, 0.5) is 0 Å². The zero-order valence-electron chi connectivity index (χ0n) is 13.3. The molecule has 0 aromatic heterocycles. The molecule has 5 nitrogen and oxygen atoms in total. The first-order chi connectivity index (χ1) is 10.2. The fourth-order valence-electron chi connectivity index (χ4n) is 2.50. The molecular formula is C16H25IN4O. The van der Waals surface area contributed by atoms with Crippen molar-refractivity contribution in [3.63, 3.8) is 0 Å². The minimum atomic E-state index is 0. The lowest BCUT2D eigenvalue weighted by molar-refractivity contribution is -0.120. The second-order valence-electron chi connectivity index (χ2n) is 5.19. The van der Waals surface area contributed by atoms with E-state index in [1.54, 1.807) is 7.05 Å². The van der Waals surface area contributed by atoms with Crippen molar-refractivity contribution in [1.29, 1.82) is 0 Å². The molecule has 2 rings (SSSR count). The predicted molar refractivity (Wildman–Crippen MR) is 101 cm³/mol. The van der Waals surface area contributed by atoms with Crippen LogP contribution in [0.2, 0.25) is 0 Å². The average Bonchev–Trinajstić information content (AvgIpc) is 2.53. The smallest absolute Gasteiger partial charge is 0.239 e. The minimum Gasteiger partial charge on any atom is -0.355 e. The average molecular weight is 416 g/mol. The second kappa shape index (κ2) is 9.66. The van der Waals surface area contributed by atoms with Crippen LogP contribution in [0.5, 0.6) is 0 Å². The summed E-state index contributed by atoms with van der Waals surface area (Å²) in [7, 11) is 1.76. The molecule has 1 aliphatic rings. The van der Waals surface area contributed by atoms with Gasteiger partial charge >= 0.3 is 0 Å². The van der Waals surface area contributed by atoms with E-state index in [4.69, 9.17) is 0 Å². The van der Waals surface area contributed by atoms with Gasteiger partial charge in [-0.15, -0.1) is 24.0 Å². The SMILES string of the molecule is CCCNC(=O)CNC(=NC)N1CCc2ccccc2C1.I. The summed E-state index contributed by atoms with van der Waals surface area (Å²) in [5, 5.41) is 6.00. The zero-order valence-corrected chi connectivity index (χ0v) is 15.6. The van der Waals surface area contributed by atoms with Gasteiger partial charge in [-0.2, -0.15) is 0 Å². The molecule has 1 heterocycles. The van der Waals surface area contributed by atoms with E-state index in [0.717, 1.165) is 38.4 Å². The van der Waals surface area contributed by atoms with E-state index in [1.165, 1.54) is 11.1 Å². The Bertz CT molecular complexity index is 519. The molecule has 0 aliphatic carbocycles. The molecule has 6 heteroatoms. The van der Waals surface area contributed by atoms with Gasteiger partial charge in [0.2, 0.25) is 5.91 Å². The van der Waals surface area contributed by atoms with Crippen molar-refractivity contribution in [2.45, 2.75) is 26.3 Å². The highest BCUT2D eigenvalue weighted by Crippen LogP contribution is 2.18. The van der Waals surface area contributed by atoms with Gasteiger partial charge in [0.15, 0.2) is 5.96 Å². The maximum Gasteiger partial charge on any atom is 0.239 e. The van der Waals surface area contributed by atoms with Crippen LogP contribution in [-0.2, 0) is 17.8 Å². The van der Waals surface area contributed by atoms with Crippen LogP contribution >= 0.6 is 24.0 Å². The number of fused-ring (bicyclic) bond motifs is 1. The number of aliphatic imine (C=N–C) groups is 1. The molecule has 0 saturated carbocycles. The Labute approximate surface area is 149 Å². The van der Waals surface area contributed by atoms with Gasteiger partial charge in [0.25, 0.3) is 0 Å². The lowest BCUT2D eigenvalue weighted by Gasteiger charge is -2.31. The van der Waals surface area contributed by atoms with E-state index in [9.17, 15) is 4.79 Å². The molecule has 0 fully saturated rings. The molecule has 0 spiro atoms. The molecule has 1 aromatic rings. The molecule has 1 aromatic carbocycles. The van der Waals surface area contributed by atoms with Crippen LogP contribution in [0.1, 0.15) is 24.5 Å². The quantitative estimate of drug-likeness (QED) is 0.447. The lowest BCUT2D eigenvalue weighted by Crippen LogP contribution is -2.47. The maximum atomic E-state index is 11.7. The van der Waals surface area contributed by atoms with Gasteiger partial charge in [0.05, 0.1) is 6.54 Å². The van der Waals surface area contributed by atoms with Gasteiger partial charge < -0.3 is 15.5 Å². The Hall–Kier alpha value is -1.31. The number of carbonyl (C=O) groups excluding carboxylic acids is 1. The van der Waals surface area contributed by atoms with E-state index in [1.807, 2.05) is 6.92 Å². The van der Waals surface area contributed by atoms with Crippen LogP contribution in [0.3, 0.4) is 0 Å². The van der Waals surface area contributed by atoms with E-state index in [0.29, 0.717) is 0 Å². The summed E-state index contributed by atoms with van der Waals surface area (Å²) >= 11 is 0. The number of nitrogens with zero attached hydrogens (tertiary/aromatic N) is 2. The second-order valence-corrected chi connectivity index (χ2v) is 5.19. The number of benzene rings is 1. The summed E-state index contributed by atoms with van der Waals surface area (Å²) in [4.78, 5) is 18.1. The van der Waals surface area contributed by atoms with Gasteiger partial charge in [-0.05, 0) is 24.0 Å². The van der Waals surface area contributed by atoms with Crippen molar-refractivity contribution in [1.82, 2.24) is 15.5 Å². The van der Waals surface area contributed by atoms with E-state index >= 15 is 0 Å². The Kier molecular flexibility index (Phi) is 8.22. The van der Waals surface area contributed by atoms with Crippen LogP contribution in [0, 0.1) is 0 Å². The van der Waals surface area contributed by atoms with Crippen LogP contribution in [0.25, 0.3) is 0 Å². The third-order valence-electron chi connectivity index (χ3n) is 3.62. The van der Waals surface area contributed by atoms with Gasteiger partial charge in [-0.1, -0.05) is 31.2 Å². The van der Waals surface area contributed by atoms with Crippen LogP contribution < -0.4 is 10.6 Å². The van der Waals surface area contributed by atoms with Crippen molar-refractivity contribution in [2.75, 3.05) is 26.7 Å². The number of halogens is 1. The molecule has 0 bridgehead atoms. The number of amides is 1. The highest BCUT2D eigenvalue weighted by Gasteiger charge is 2.18. The summed E-state index contributed by atoms with van der Waals surface area (Å²) in [6.07, 6.45) is 1.96. The highest BCUT2D eigenvalue weighted by molar-refractivity contribution is 14.0. The summed E-state index contributed by atoms with van der Waals surface area (Å²) in [6, 6.07) is 8.49. The fraction of sp³-hybridized carbons (Fsp3) is 0.500. The highest BCUT2D eigenvalue weighted by atomic mass is 127. The maximum absolute atomic E-state index is 11.7. The molecule has 2 N–H and O–H groups in total. The summed E-state index contributed by atoms with van der Waals surface area (Å²) in [5.74, 6) is 0.798. The first kappa shape index (κ1) is 18.7. The summed E-state index contributed by atoms with van der Waals surface area (Å²) in [5.41, 5.74) is 2.74. The number of rotatable bonds is 4. The number of hydrogen-bond acceptors (Lipinski definition) is 2. The van der Waals surface area contributed by atoms with Crippen LogP contribution in [0.15, 0.2) is 29.3 Å². The number of carbonyl (C=O) groups is 1. The van der Waals surface area contributed by atoms with Gasteiger partial charge in [-0.25, -0.2) is 0 Å². The monoisotopic (exact) mass is 416 g/mol. The van der Waals surface area contributed by atoms with E-state index in [2.05, 4.69) is 44.8 Å². The molecule has 122 valence electrons. The largest absolute Gasteiger partial charge is 0.355 e. The predicted octanol–water partition coefficient (Wildman–Crippen LogP) is 1.76. The van der Waals surface area contributed by atoms with Crippen molar-refractivity contribution in [3.8, 4) is 0 Å². The normalized spacial score (nSPS) is 13.9. The van der Waals surface area contributed by atoms with Crippen molar-refractivity contribution >= 4 is 35.8 Å². The molecule has 0 saturated heterocycles. The van der Waals surface area contributed by atoms with Crippen LogP contribution in [-0.4, -0.2) is 43.4 Å². The number of guanidine groups is 1. The van der Waals surface area contributed by atoms with Crippen molar-refractivity contribution < 1.29 is 4.79 Å². The number of hydrogen-bond donors (Lipinski definition) is 2. The Balaban J connectivity index is 0.00000242. The molecule has 1 amide bonds. The van der Waals surface area contributed by atoms with Gasteiger partial charge in [0.1, 0.15) is 0 Å². The molecular weight excluding hydrogens is 391 g/mol. The molecule has 0 atom stereocenters. The summed E-state index contributed by atoms with van der Waals surface area (Å²) in [6.45, 7) is 4.79. The molecule has 1 aliphatic heterocycles. The standard InChI is InChI=1S/C16H24N4O.HI/c1-3-9-18-15(21)11-19-16(17-2)20-10-8-13-6-4-5-7-14(13)12-20;/h4-7H,3,8-12H2,1-2H3,(H,17,19)(H,18,21);1H. The molecule has 0 unspecified atom stereocenters. The van der Waals surface area contributed by atoms with Gasteiger partial charge in [0, 0.05) is 26.7 Å². The van der Waals surface area contributed by atoms with Crippen molar-refractivity contribution in [3.05, 3.63) is 35.4 Å². The summed E-state index contributed by atoms with van der Waals surface area (Å²) < 4.78 is 0. The third kappa shape index (κ3) is 5.15. The lowest BCUT2D eigenvalue weighted by atomic mass is 10.0. The zero-order chi connectivity index (χ0) is 15.1. The Morgan fingerprint density at radius 1 is 1.27 bits per heavy atom. The fourth-order valence-corrected chi connectivity index (χ4v) is 2.50. The minimum absolute atomic E-state index is 0. The first-order valence-electron chi connectivity index (χ1n) is 7.53. The van der Waals surface area contributed by atoms with Crippen molar-refractivity contribution in [2.24, 2.45) is 4.99 Å². The third-order valence-corrected chi connectivity index (χ3v) is 3.62. The number of nitrogens with one attached hydrogen (secondary N) is 2. The topological polar surface area (TPSA) is 56.7 Å². The van der Waals surface area contributed by atoms with E-state index in [-0.39, 0.29) is 36.4 Å². The Morgan fingerprint density at radius 3 is 2.68 bits per heavy atom. The Morgan fingerprint density at radius 2 is 2.00 bits per heavy atom. The van der Waals surface area contributed by atoms with Gasteiger partial charge in [-0.3, -0.25) is 9.79 Å². The first-order valence-corrected chi connectivity index (χ1v) is 7.53.